The molecule has 4 aromatic rings. The number of rotatable bonds is 7. The Morgan fingerprint density at radius 3 is 2.59 bits per heavy atom. The highest BCUT2D eigenvalue weighted by Gasteiger charge is 2.32. The zero-order chi connectivity index (χ0) is 23.5. The summed E-state index contributed by atoms with van der Waals surface area (Å²) in [4.78, 5) is 17.8. The summed E-state index contributed by atoms with van der Waals surface area (Å²) in [5.41, 5.74) is 5.16. The molecular formula is C27H30N4O2S. The van der Waals surface area contributed by atoms with Gasteiger partial charge < -0.3 is 9.32 Å². The van der Waals surface area contributed by atoms with Gasteiger partial charge in [0.25, 0.3) is 5.91 Å². The molecule has 0 saturated carbocycles. The average molecular weight is 475 g/mol. The Labute approximate surface area is 204 Å². The van der Waals surface area contributed by atoms with Gasteiger partial charge in [-0.2, -0.15) is 8.75 Å². The molecule has 2 aromatic heterocycles. The second kappa shape index (κ2) is 10.1. The van der Waals surface area contributed by atoms with Crippen molar-refractivity contribution in [2.24, 2.45) is 5.92 Å². The fraction of sp³-hybridized carbons (Fsp3) is 0.370. The van der Waals surface area contributed by atoms with E-state index in [2.05, 4.69) is 56.1 Å². The van der Waals surface area contributed by atoms with Crippen LogP contribution in [0.15, 0.2) is 65.3 Å². The highest BCUT2D eigenvalue weighted by atomic mass is 32.1. The molecule has 1 saturated heterocycles. The molecule has 34 heavy (non-hydrogen) atoms. The van der Waals surface area contributed by atoms with E-state index in [1.807, 2.05) is 24.9 Å². The summed E-state index contributed by atoms with van der Waals surface area (Å²) in [5, 5.41) is 0. The monoisotopic (exact) mass is 474 g/mol. The summed E-state index contributed by atoms with van der Waals surface area (Å²) in [6.45, 7) is 4.82. The Morgan fingerprint density at radius 1 is 1.09 bits per heavy atom. The number of carbonyl (C=O) groups is 1. The van der Waals surface area contributed by atoms with Gasteiger partial charge in [-0.05, 0) is 74.5 Å². The minimum Gasteiger partial charge on any atom is -0.469 e. The van der Waals surface area contributed by atoms with E-state index in [-0.39, 0.29) is 11.9 Å². The molecule has 0 bridgehead atoms. The first-order valence-corrected chi connectivity index (χ1v) is 12.6. The number of nitrogens with zero attached hydrogens (tertiary/aromatic N) is 4. The molecule has 0 N–H and O–H groups in total. The van der Waals surface area contributed by atoms with Gasteiger partial charge in [0, 0.05) is 19.6 Å². The number of benzene rings is 2. The Kier molecular flexibility index (Phi) is 6.74. The second-order valence-electron chi connectivity index (χ2n) is 9.26. The van der Waals surface area contributed by atoms with Crippen LogP contribution < -0.4 is 0 Å². The number of furan rings is 1. The molecule has 1 aliphatic heterocycles. The van der Waals surface area contributed by atoms with Gasteiger partial charge in [0.05, 0.1) is 23.6 Å². The minimum absolute atomic E-state index is 0.0415. The van der Waals surface area contributed by atoms with Crippen molar-refractivity contribution in [1.29, 1.82) is 0 Å². The predicted octanol–water partition coefficient (Wildman–Crippen LogP) is 5.19. The molecule has 1 fully saturated rings. The van der Waals surface area contributed by atoms with Gasteiger partial charge in [-0.1, -0.05) is 36.4 Å². The van der Waals surface area contributed by atoms with Crippen LogP contribution in [0, 0.1) is 12.8 Å². The number of hydrogen-bond donors (Lipinski definition) is 0. The lowest BCUT2D eigenvalue weighted by molar-refractivity contribution is 0.0583. The maximum Gasteiger partial charge on any atom is 0.257 e. The molecule has 2 aromatic carbocycles. The predicted molar refractivity (Wildman–Crippen MR) is 135 cm³/mol. The third kappa shape index (κ3) is 4.91. The third-order valence-electron chi connectivity index (χ3n) is 7.10. The summed E-state index contributed by atoms with van der Waals surface area (Å²) in [7, 11) is 1.95. The number of likely N-dealkylation sites (N-methyl/N-ethyl adjacent to an activating group) is 1. The second-order valence-corrected chi connectivity index (χ2v) is 9.79. The first-order chi connectivity index (χ1) is 16.6. The molecule has 6 nitrogen and oxygen atoms in total. The van der Waals surface area contributed by atoms with Gasteiger partial charge in [-0.3, -0.25) is 9.69 Å². The van der Waals surface area contributed by atoms with Crippen LogP contribution in [-0.2, 0) is 13.0 Å². The summed E-state index contributed by atoms with van der Waals surface area (Å²) >= 11 is 1.26. The molecular weight excluding hydrogens is 444 g/mol. The number of carbonyl (C=O) groups excluding carboxylic acids is 1. The van der Waals surface area contributed by atoms with Gasteiger partial charge in [-0.25, -0.2) is 0 Å². The molecule has 0 aliphatic carbocycles. The number of hydrogen-bond acceptors (Lipinski definition) is 6. The Bertz CT molecular complexity index is 1240. The van der Waals surface area contributed by atoms with Crippen LogP contribution in [0.25, 0.3) is 11.0 Å². The smallest absolute Gasteiger partial charge is 0.257 e. The van der Waals surface area contributed by atoms with E-state index in [0.29, 0.717) is 17.2 Å². The zero-order valence-electron chi connectivity index (χ0n) is 19.7. The maximum absolute atomic E-state index is 13.3. The number of fused-ring (bicyclic) bond motifs is 1. The van der Waals surface area contributed by atoms with Gasteiger partial charge in [0.2, 0.25) is 0 Å². The van der Waals surface area contributed by atoms with Crippen molar-refractivity contribution in [1.82, 2.24) is 18.5 Å². The molecule has 1 aliphatic rings. The Balaban J connectivity index is 1.28. The average Bonchev–Trinajstić information content (AvgIpc) is 3.51. The molecule has 1 amide bonds. The van der Waals surface area contributed by atoms with Crippen LogP contribution in [0.1, 0.15) is 40.1 Å². The third-order valence-corrected chi connectivity index (χ3v) is 7.65. The van der Waals surface area contributed by atoms with Crippen LogP contribution in [-0.4, -0.2) is 50.6 Å². The van der Waals surface area contributed by atoms with Crippen molar-refractivity contribution in [3.8, 4) is 0 Å². The number of aryl methyl sites for hydroxylation is 1. The standard InChI is InChI=1S/C27H30N4O2S/c1-19-23(12-15-33-19)27(32)30(2)26(17-20-6-4-3-5-7-20)22-10-13-31(14-11-22)18-21-8-9-24-25(16-21)29-34-28-24/h3-9,12,15-16,22,26H,10-11,13-14,17-18H2,1-2H3. The van der Waals surface area contributed by atoms with Gasteiger partial charge in [0.1, 0.15) is 16.8 Å². The van der Waals surface area contributed by atoms with Gasteiger partial charge >= 0.3 is 0 Å². The quantitative estimate of drug-likeness (QED) is 0.369. The molecule has 0 spiro atoms. The topological polar surface area (TPSA) is 62.5 Å². The molecule has 1 unspecified atom stereocenters. The van der Waals surface area contributed by atoms with E-state index in [9.17, 15) is 4.79 Å². The highest BCUT2D eigenvalue weighted by molar-refractivity contribution is 7.00. The van der Waals surface area contributed by atoms with E-state index < -0.39 is 0 Å². The van der Waals surface area contributed by atoms with Crippen molar-refractivity contribution in [3.63, 3.8) is 0 Å². The summed E-state index contributed by atoms with van der Waals surface area (Å²) < 4.78 is 14.1. The Hall–Kier alpha value is -3.03. The first-order valence-electron chi connectivity index (χ1n) is 11.9. The number of likely N-dealkylation sites (tertiary alicyclic amines) is 1. The fourth-order valence-corrected chi connectivity index (χ4v) is 5.62. The van der Waals surface area contributed by atoms with Crippen molar-refractivity contribution >= 4 is 28.7 Å². The SMILES string of the molecule is Cc1occc1C(=O)N(C)C(Cc1ccccc1)C1CCN(Cc2ccc3nsnc3c2)CC1. The zero-order valence-corrected chi connectivity index (χ0v) is 20.5. The summed E-state index contributed by atoms with van der Waals surface area (Å²) in [6.07, 6.45) is 4.60. The first kappa shape index (κ1) is 22.7. The van der Waals surface area contributed by atoms with Crippen LogP contribution in [0.2, 0.25) is 0 Å². The molecule has 1 atom stereocenters. The lowest BCUT2D eigenvalue weighted by Crippen LogP contribution is -2.47. The van der Waals surface area contributed by atoms with Crippen LogP contribution >= 0.6 is 11.7 Å². The number of amides is 1. The lowest BCUT2D eigenvalue weighted by Gasteiger charge is -2.40. The van der Waals surface area contributed by atoms with Gasteiger partial charge in [0.15, 0.2) is 0 Å². The van der Waals surface area contributed by atoms with Crippen molar-refractivity contribution in [2.45, 2.75) is 38.8 Å². The number of aromatic nitrogens is 2. The molecule has 0 radical (unpaired) electrons. The highest BCUT2D eigenvalue weighted by Crippen LogP contribution is 2.29. The fourth-order valence-electron chi connectivity index (χ4n) is 5.10. The molecule has 3 heterocycles. The van der Waals surface area contributed by atoms with E-state index in [1.165, 1.54) is 22.9 Å². The molecule has 5 rings (SSSR count). The normalized spacial score (nSPS) is 16.1. The lowest BCUT2D eigenvalue weighted by atomic mass is 9.84. The molecule has 7 heteroatoms. The molecule has 176 valence electrons. The minimum atomic E-state index is 0.0415. The maximum atomic E-state index is 13.3. The Morgan fingerprint density at radius 2 is 1.85 bits per heavy atom. The van der Waals surface area contributed by atoms with Crippen LogP contribution in [0.4, 0.5) is 0 Å². The van der Waals surface area contributed by atoms with Crippen LogP contribution in [0.5, 0.6) is 0 Å². The number of piperidine rings is 1. The van der Waals surface area contributed by atoms with E-state index >= 15 is 0 Å². The largest absolute Gasteiger partial charge is 0.469 e. The van der Waals surface area contributed by atoms with Gasteiger partial charge in [-0.15, -0.1) is 0 Å². The summed E-state index contributed by atoms with van der Waals surface area (Å²) in [5.74, 6) is 1.17. The van der Waals surface area contributed by atoms with E-state index in [0.717, 1.165) is 49.9 Å². The van der Waals surface area contributed by atoms with E-state index in [4.69, 9.17) is 4.42 Å². The van der Waals surface area contributed by atoms with Crippen molar-refractivity contribution in [3.05, 3.63) is 83.3 Å². The van der Waals surface area contributed by atoms with Crippen molar-refractivity contribution < 1.29 is 9.21 Å². The van der Waals surface area contributed by atoms with Crippen molar-refractivity contribution in [2.75, 3.05) is 20.1 Å². The van der Waals surface area contributed by atoms with Crippen LogP contribution in [0.3, 0.4) is 0 Å². The van der Waals surface area contributed by atoms with E-state index in [1.54, 1.807) is 12.3 Å². The summed E-state index contributed by atoms with van der Waals surface area (Å²) in [6, 6.07) is 18.8.